The van der Waals surface area contributed by atoms with Crippen molar-refractivity contribution in [1.29, 1.82) is 0 Å². The summed E-state index contributed by atoms with van der Waals surface area (Å²) in [7, 11) is -3.08. The van der Waals surface area contributed by atoms with Crippen molar-refractivity contribution in [2.24, 2.45) is 0 Å². The quantitative estimate of drug-likeness (QED) is 0.781. The Labute approximate surface area is 116 Å². The van der Waals surface area contributed by atoms with E-state index in [1.165, 1.54) is 6.26 Å². The zero-order valence-electron chi connectivity index (χ0n) is 11.9. The summed E-state index contributed by atoms with van der Waals surface area (Å²) in [6, 6.07) is -0.427. The van der Waals surface area contributed by atoms with Crippen LogP contribution in [0.3, 0.4) is 0 Å². The summed E-state index contributed by atoms with van der Waals surface area (Å²) in [6.45, 7) is 4.12. The third-order valence-corrected chi connectivity index (χ3v) is 4.33. The molecule has 0 spiro atoms. The highest BCUT2D eigenvalue weighted by molar-refractivity contribution is 7.90. The number of rotatable bonds is 5. The van der Waals surface area contributed by atoms with Gasteiger partial charge in [0.2, 0.25) is 0 Å². The van der Waals surface area contributed by atoms with Gasteiger partial charge in [-0.3, -0.25) is 0 Å². The molecule has 110 valence electrons. The number of allylic oxidation sites excluding steroid dienone is 1. The monoisotopic (exact) mass is 288 g/mol. The van der Waals surface area contributed by atoms with Crippen LogP contribution in [0.1, 0.15) is 33.1 Å². The molecule has 1 rings (SSSR count). The van der Waals surface area contributed by atoms with E-state index >= 15 is 0 Å². The molecule has 1 aliphatic rings. The molecule has 0 bridgehead atoms. The molecular weight excluding hydrogens is 264 g/mol. The lowest BCUT2D eigenvalue weighted by Crippen LogP contribution is -2.50. The predicted octanol–water partition coefficient (Wildman–Crippen LogP) is 1.56. The number of urea groups is 1. The number of amides is 2. The number of hydrogen-bond donors (Lipinski definition) is 1. The first-order chi connectivity index (χ1) is 8.83. The average Bonchev–Trinajstić information content (AvgIpc) is 2.28. The standard InChI is InChI=1S/C13H24N2O3S/c1-4-15(11(2)10-19(3,17)18)13(16)14-12-8-6-5-7-9-12/h6,8,11-12H,4-5,7,9-10H2,1-3H3,(H,14,16)/t11-,12+/m0/s1. The highest BCUT2D eigenvalue weighted by Gasteiger charge is 2.23. The van der Waals surface area contributed by atoms with Crippen molar-refractivity contribution in [3.05, 3.63) is 12.2 Å². The first-order valence-corrected chi connectivity index (χ1v) is 8.81. The molecule has 0 aromatic rings. The molecule has 0 fully saturated rings. The molecule has 0 saturated heterocycles. The molecule has 0 radical (unpaired) electrons. The first kappa shape index (κ1) is 16.0. The Morgan fingerprint density at radius 1 is 1.53 bits per heavy atom. The Hall–Kier alpha value is -1.04. The van der Waals surface area contributed by atoms with Gasteiger partial charge in [-0.15, -0.1) is 0 Å². The van der Waals surface area contributed by atoms with E-state index in [0.717, 1.165) is 19.3 Å². The van der Waals surface area contributed by atoms with Crippen LogP contribution < -0.4 is 5.32 Å². The SMILES string of the molecule is CCN(C(=O)N[C@@H]1C=CCCC1)[C@@H](C)CS(C)(=O)=O. The normalized spacial score (nSPS) is 20.9. The van der Waals surface area contributed by atoms with Crippen molar-refractivity contribution in [1.82, 2.24) is 10.2 Å². The van der Waals surface area contributed by atoms with Gasteiger partial charge in [0, 0.05) is 24.9 Å². The Balaban J connectivity index is 2.60. The van der Waals surface area contributed by atoms with Crippen LogP contribution in [0.15, 0.2) is 12.2 Å². The van der Waals surface area contributed by atoms with Crippen LogP contribution in [0.25, 0.3) is 0 Å². The smallest absolute Gasteiger partial charge is 0.318 e. The minimum Gasteiger partial charge on any atom is -0.332 e. The van der Waals surface area contributed by atoms with Crippen LogP contribution in [-0.4, -0.2) is 50.0 Å². The summed E-state index contributed by atoms with van der Waals surface area (Å²) in [5, 5.41) is 2.94. The Bertz CT molecular complexity index is 431. The largest absolute Gasteiger partial charge is 0.332 e. The summed E-state index contributed by atoms with van der Waals surface area (Å²) in [6.07, 6.45) is 8.36. The van der Waals surface area contributed by atoms with E-state index in [0.29, 0.717) is 6.54 Å². The van der Waals surface area contributed by atoms with Crippen LogP contribution in [0.2, 0.25) is 0 Å². The summed E-state index contributed by atoms with van der Waals surface area (Å²) >= 11 is 0. The molecule has 0 aromatic carbocycles. The fourth-order valence-electron chi connectivity index (χ4n) is 2.36. The van der Waals surface area contributed by atoms with Gasteiger partial charge in [0.15, 0.2) is 0 Å². The molecule has 6 heteroatoms. The second-order valence-corrected chi connectivity index (χ2v) is 7.33. The van der Waals surface area contributed by atoms with Gasteiger partial charge in [0.25, 0.3) is 0 Å². The number of sulfone groups is 1. The van der Waals surface area contributed by atoms with Crippen LogP contribution in [-0.2, 0) is 9.84 Å². The molecule has 2 atom stereocenters. The Morgan fingerprint density at radius 2 is 2.21 bits per heavy atom. The second-order valence-electron chi connectivity index (χ2n) is 5.14. The van der Waals surface area contributed by atoms with Crippen LogP contribution in [0.4, 0.5) is 4.79 Å². The molecule has 19 heavy (non-hydrogen) atoms. The van der Waals surface area contributed by atoms with E-state index in [1.807, 2.05) is 13.0 Å². The van der Waals surface area contributed by atoms with Crippen molar-refractivity contribution in [2.45, 2.75) is 45.2 Å². The van der Waals surface area contributed by atoms with Gasteiger partial charge >= 0.3 is 6.03 Å². The van der Waals surface area contributed by atoms with Gasteiger partial charge < -0.3 is 10.2 Å². The molecule has 0 heterocycles. The molecule has 0 aliphatic heterocycles. The van der Waals surface area contributed by atoms with E-state index < -0.39 is 9.84 Å². The van der Waals surface area contributed by atoms with Crippen molar-refractivity contribution in [3.8, 4) is 0 Å². The van der Waals surface area contributed by atoms with Gasteiger partial charge in [-0.05, 0) is 33.1 Å². The maximum Gasteiger partial charge on any atom is 0.318 e. The Morgan fingerprint density at radius 3 is 2.68 bits per heavy atom. The molecule has 1 N–H and O–H groups in total. The highest BCUT2D eigenvalue weighted by Crippen LogP contribution is 2.11. The van der Waals surface area contributed by atoms with E-state index in [2.05, 4.69) is 11.4 Å². The maximum atomic E-state index is 12.2. The topological polar surface area (TPSA) is 66.5 Å². The predicted molar refractivity (Wildman–Crippen MR) is 76.9 cm³/mol. The molecule has 0 saturated carbocycles. The number of nitrogens with zero attached hydrogens (tertiary/aromatic N) is 1. The Kier molecular flexibility index (Phi) is 5.85. The fourth-order valence-corrected chi connectivity index (χ4v) is 3.41. The van der Waals surface area contributed by atoms with E-state index in [4.69, 9.17) is 0 Å². The number of hydrogen-bond acceptors (Lipinski definition) is 3. The minimum absolute atomic E-state index is 0.00519. The number of carbonyl (C=O) groups is 1. The summed E-state index contributed by atoms with van der Waals surface area (Å²) in [5.41, 5.74) is 0. The molecule has 0 unspecified atom stereocenters. The molecular formula is C13H24N2O3S. The zero-order chi connectivity index (χ0) is 14.5. The lowest BCUT2D eigenvalue weighted by atomic mass is 10.0. The van der Waals surface area contributed by atoms with Gasteiger partial charge in [-0.2, -0.15) is 0 Å². The number of carbonyl (C=O) groups excluding carboxylic acids is 1. The lowest BCUT2D eigenvalue weighted by molar-refractivity contribution is 0.184. The average molecular weight is 288 g/mol. The van der Waals surface area contributed by atoms with Crippen molar-refractivity contribution < 1.29 is 13.2 Å². The third kappa shape index (κ3) is 5.63. The van der Waals surface area contributed by atoms with Crippen molar-refractivity contribution in [3.63, 3.8) is 0 Å². The van der Waals surface area contributed by atoms with Crippen LogP contribution in [0.5, 0.6) is 0 Å². The van der Waals surface area contributed by atoms with E-state index in [9.17, 15) is 13.2 Å². The van der Waals surface area contributed by atoms with Gasteiger partial charge in [0.05, 0.1) is 5.75 Å². The van der Waals surface area contributed by atoms with Gasteiger partial charge in [-0.25, -0.2) is 13.2 Å². The molecule has 2 amide bonds. The summed E-state index contributed by atoms with van der Waals surface area (Å²) in [5.74, 6) is -0.00519. The van der Waals surface area contributed by atoms with Gasteiger partial charge in [-0.1, -0.05) is 12.2 Å². The lowest BCUT2D eigenvalue weighted by Gasteiger charge is -2.30. The van der Waals surface area contributed by atoms with Crippen molar-refractivity contribution >= 4 is 15.9 Å². The summed E-state index contributed by atoms with van der Waals surface area (Å²) < 4.78 is 22.6. The maximum absolute atomic E-state index is 12.2. The highest BCUT2D eigenvalue weighted by atomic mass is 32.2. The molecule has 0 aromatic heterocycles. The van der Waals surface area contributed by atoms with Gasteiger partial charge in [0.1, 0.15) is 9.84 Å². The van der Waals surface area contributed by atoms with Crippen LogP contribution in [0, 0.1) is 0 Å². The third-order valence-electron chi connectivity index (χ3n) is 3.24. The first-order valence-electron chi connectivity index (χ1n) is 6.75. The van der Waals surface area contributed by atoms with Crippen molar-refractivity contribution in [2.75, 3.05) is 18.6 Å². The minimum atomic E-state index is -3.08. The molecule has 1 aliphatic carbocycles. The zero-order valence-corrected chi connectivity index (χ0v) is 12.7. The van der Waals surface area contributed by atoms with Crippen LogP contribution >= 0.6 is 0 Å². The molecule has 5 nitrogen and oxygen atoms in total. The summed E-state index contributed by atoms with van der Waals surface area (Å²) in [4.78, 5) is 13.7. The number of nitrogens with one attached hydrogen (secondary N) is 1. The van der Waals surface area contributed by atoms with E-state index in [-0.39, 0.29) is 23.9 Å². The fraction of sp³-hybridized carbons (Fsp3) is 0.769. The van der Waals surface area contributed by atoms with E-state index in [1.54, 1.807) is 11.8 Å². The second kappa shape index (κ2) is 6.93.